The first-order chi connectivity index (χ1) is 18.1. The second-order valence-corrected chi connectivity index (χ2v) is 10.2. The highest BCUT2D eigenvalue weighted by Gasteiger charge is 2.50. The Morgan fingerprint density at radius 3 is 2.50 bits per heavy atom. The van der Waals surface area contributed by atoms with Crippen molar-refractivity contribution in [2.75, 3.05) is 16.3 Å². The predicted octanol–water partition coefficient (Wildman–Crippen LogP) is 3.87. The van der Waals surface area contributed by atoms with E-state index >= 15 is 0 Å². The number of carbonyl (C=O) groups is 4. The third-order valence-electron chi connectivity index (χ3n) is 7.66. The van der Waals surface area contributed by atoms with Gasteiger partial charge in [-0.05, 0) is 56.0 Å². The van der Waals surface area contributed by atoms with Crippen molar-refractivity contribution in [1.82, 2.24) is 0 Å². The maximum Gasteiger partial charge on any atom is 0.316 e. The number of esters is 1. The summed E-state index contributed by atoms with van der Waals surface area (Å²) in [7, 11) is 0. The van der Waals surface area contributed by atoms with Gasteiger partial charge >= 0.3 is 5.97 Å². The zero-order valence-electron chi connectivity index (χ0n) is 21.2. The fourth-order valence-corrected chi connectivity index (χ4v) is 5.60. The van der Waals surface area contributed by atoms with Crippen molar-refractivity contribution >= 4 is 40.8 Å². The van der Waals surface area contributed by atoms with Gasteiger partial charge in [-0.15, -0.1) is 0 Å². The van der Waals surface area contributed by atoms with Crippen molar-refractivity contribution in [2.24, 2.45) is 23.7 Å². The molecule has 2 fully saturated rings. The van der Waals surface area contributed by atoms with E-state index in [0.717, 1.165) is 0 Å². The van der Waals surface area contributed by atoms with Gasteiger partial charge in [0.15, 0.2) is 0 Å². The number of ether oxygens (including phenoxy) is 1. The number of allylic oxidation sites excluding steroid dienone is 2. The Morgan fingerprint density at radius 1 is 1.05 bits per heavy atom. The second-order valence-electron chi connectivity index (χ2n) is 10.2. The van der Waals surface area contributed by atoms with Crippen molar-refractivity contribution in [1.29, 1.82) is 0 Å². The van der Waals surface area contributed by atoms with Crippen LogP contribution in [0.4, 0.5) is 17.1 Å². The highest BCUT2D eigenvalue weighted by molar-refractivity contribution is 6.22. The summed E-state index contributed by atoms with van der Waals surface area (Å²) >= 11 is 0. The first kappa shape index (κ1) is 25.3. The molecular formula is C28H27N3O7. The molecule has 196 valence electrons. The van der Waals surface area contributed by atoms with Crippen LogP contribution in [0.1, 0.15) is 30.9 Å². The topological polar surface area (TPSA) is 127 Å². The molecule has 2 saturated heterocycles. The van der Waals surface area contributed by atoms with Crippen LogP contribution in [0, 0.1) is 47.6 Å². The molecule has 0 unspecified atom stereocenters. The van der Waals surface area contributed by atoms with Gasteiger partial charge in [-0.2, -0.15) is 0 Å². The zero-order chi connectivity index (χ0) is 27.3. The molecule has 3 amide bonds. The minimum absolute atomic E-state index is 0.0181. The van der Waals surface area contributed by atoms with Crippen LogP contribution in [-0.4, -0.2) is 35.2 Å². The van der Waals surface area contributed by atoms with Crippen LogP contribution in [0.5, 0.6) is 5.75 Å². The molecule has 2 aliphatic heterocycles. The molecule has 0 spiro atoms. The Balaban J connectivity index is 1.29. The van der Waals surface area contributed by atoms with E-state index in [1.165, 1.54) is 21.9 Å². The Bertz CT molecular complexity index is 1420. The Labute approximate surface area is 219 Å². The molecule has 2 aromatic rings. The van der Waals surface area contributed by atoms with E-state index in [1.807, 2.05) is 19.1 Å². The van der Waals surface area contributed by atoms with Crippen LogP contribution in [0.3, 0.4) is 0 Å². The molecule has 10 heteroatoms. The Kier molecular flexibility index (Phi) is 6.34. The van der Waals surface area contributed by atoms with Gasteiger partial charge in [0.05, 0.1) is 34.1 Å². The molecule has 38 heavy (non-hydrogen) atoms. The summed E-state index contributed by atoms with van der Waals surface area (Å²) in [4.78, 5) is 65.1. The smallest absolute Gasteiger partial charge is 0.316 e. The molecule has 1 aliphatic carbocycles. The summed E-state index contributed by atoms with van der Waals surface area (Å²) in [6, 6.07) is 9.23. The monoisotopic (exact) mass is 517 g/mol. The van der Waals surface area contributed by atoms with E-state index in [0.29, 0.717) is 28.9 Å². The number of imide groups is 1. The lowest BCUT2D eigenvalue weighted by Gasteiger charge is -2.22. The van der Waals surface area contributed by atoms with Crippen molar-refractivity contribution in [3.63, 3.8) is 0 Å². The van der Waals surface area contributed by atoms with Gasteiger partial charge in [-0.25, -0.2) is 4.90 Å². The van der Waals surface area contributed by atoms with Crippen LogP contribution in [0.25, 0.3) is 0 Å². The molecule has 0 radical (unpaired) electrons. The van der Waals surface area contributed by atoms with E-state index in [-0.39, 0.29) is 59.9 Å². The van der Waals surface area contributed by atoms with Gasteiger partial charge in [0, 0.05) is 24.6 Å². The Morgan fingerprint density at radius 2 is 1.82 bits per heavy atom. The normalized spacial score (nSPS) is 24.7. The number of nitro benzene ring substituents is 1. The fraction of sp³-hybridized carbons (Fsp3) is 0.357. The SMILES string of the molecule is Cc1cc(OC(=O)[C@@H]2CC(=O)N(c3ccc(C)c([N+](=O)[O-])c3)C2)ccc1N1C(=O)[C@H]2[C@@H](C)C=CC[C@H]2C1=O. The quantitative estimate of drug-likeness (QED) is 0.147. The van der Waals surface area contributed by atoms with Crippen molar-refractivity contribution in [3.05, 3.63) is 69.8 Å². The van der Waals surface area contributed by atoms with Gasteiger partial charge in [0.2, 0.25) is 17.7 Å². The lowest BCUT2D eigenvalue weighted by molar-refractivity contribution is -0.385. The number of nitrogens with zero attached hydrogens (tertiary/aromatic N) is 3. The van der Waals surface area contributed by atoms with Crippen LogP contribution in [-0.2, 0) is 19.2 Å². The van der Waals surface area contributed by atoms with Crippen LogP contribution < -0.4 is 14.5 Å². The van der Waals surface area contributed by atoms with E-state index in [9.17, 15) is 29.3 Å². The van der Waals surface area contributed by atoms with Crippen LogP contribution in [0.2, 0.25) is 0 Å². The van der Waals surface area contributed by atoms with Crippen LogP contribution in [0.15, 0.2) is 48.6 Å². The predicted molar refractivity (Wildman–Crippen MR) is 138 cm³/mol. The number of carbonyl (C=O) groups excluding carboxylic acids is 4. The van der Waals surface area contributed by atoms with Crippen molar-refractivity contribution in [2.45, 2.75) is 33.6 Å². The molecule has 4 atom stereocenters. The zero-order valence-corrected chi connectivity index (χ0v) is 21.2. The summed E-state index contributed by atoms with van der Waals surface area (Å²) < 4.78 is 5.55. The maximum atomic E-state index is 13.1. The first-order valence-electron chi connectivity index (χ1n) is 12.5. The number of amides is 3. The average Bonchev–Trinajstić information content (AvgIpc) is 3.38. The van der Waals surface area contributed by atoms with E-state index in [4.69, 9.17) is 4.74 Å². The third-order valence-corrected chi connectivity index (χ3v) is 7.66. The standard InChI is InChI=1S/C28H27N3O7/c1-15-7-8-19(13-23(15)31(36)37)29-14-18(12-24(29)32)28(35)38-20-9-10-22(17(3)11-20)30-26(33)21-6-4-5-16(2)25(21)27(30)34/h4-5,7-11,13,16,18,21,25H,6,12,14H2,1-3H3/t16-,18+,21+,25-/m0/s1. The van der Waals surface area contributed by atoms with E-state index in [1.54, 1.807) is 38.1 Å². The largest absolute Gasteiger partial charge is 0.426 e. The minimum Gasteiger partial charge on any atom is -0.426 e. The summed E-state index contributed by atoms with van der Waals surface area (Å²) in [5, 5.41) is 11.3. The third kappa shape index (κ3) is 4.25. The maximum absolute atomic E-state index is 13.1. The molecule has 0 saturated carbocycles. The molecule has 10 nitrogen and oxygen atoms in total. The van der Waals surface area contributed by atoms with Gasteiger partial charge < -0.3 is 9.64 Å². The number of hydrogen-bond acceptors (Lipinski definition) is 7. The van der Waals surface area contributed by atoms with E-state index in [2.05, 4.69) is 0 Å². The average molecular weight is 518 g/mol. The number of rotatable bonds is 5. The number of hydrogen-bond donors (Lipinski definition) is 0. The lowest BCUT2D eigenvalue weighted by Crippen LogP contribution is -2.32. The molecular weight excluding hydrogens is 490 g/mol. The molecule has 0 bridgehead atoms. The van der Waals surface area contributed by atoms with Gasteiger partial charge in [-0.3, -0.25) is 29.3 Å². The Hall–Kier alpha value is -4.34. The minimum atomic E-state index is -0.748. The molecule has 3 aliphatic rings. The van der Waals surface area contributed by atoms with Crippen molar-refractivity contribution in [3.8, 4) is 5.75 Å². The molecule has 2 aromatic carbocycles. The number of nitro groups is 1. The fourth-order valence-electron chi connectivity index (χ4n) is 5.60. The highest BCUT2D eigenvalue weighted by atomic mass is 16.6. The van der Waals surface area contributed by atoms with Crippen LogP contribution >= 0.6 is 0 Å². The number of anilines is 2. The summed E-state index contributed by atoms with van der Waals surface area (Å²) in [6.45, 7) is 5.33. The highest BCUT2D eigenvalue weighted by Crippen LogP contribution is 2.41. The van der Waals surface area contributed by atoms with Crippen molar-refractivity contribution < 1.29 is 28.8 Å². The van der Waals surface area contributed by atoms with Gasteiger partial charge in [-0.1, -0.05) is 25.1 Å². The first-order valence-corrected chi connectivity index (χ1v) is 12.5. The lowest BCUT2D eigenvalue weighted by atomic mass is 9.78. The summed E-state index contributed by atoms with van der Waals surface area (Å²) in [5.41, 5.74) is 1.80. The number of fused-ring (bicyclic) bond motifs is 1. The van der Waals surface area contributed by atoms with Gasteiger partial charge in [0.25, 0.3) is 5.69 Å². The summed E-state index contributed by atoms with van der Waals surface area (Å²) in [6.07, 6.45) is 4.38. The van der Waals surface area contributed by atoms with E-state index < -0.39 is 16.8 Å². The number of aryl methyl sites for hydroxylation is 2. The molecule has 2 heterocycles. The van der Waals surface area contributed by atoms with Gasteiger partial charge in [0.1, 0.15) is 5.75 Å². The molecule has 0 aromatic heterocycles. The molecule has 5 rings (SSSR count). The number of benzene rings is 2. The summed E-state index contributed by atoms with van der Waals surface area (Å²) in [5.74, 6) is -2.63. The molecule has 0 N–H and O–H groups in total. The second kappa shape index (κ2) is 9.51.